The van der Waals surface area contributed by atoms with Gasteiger partial charge in [-0.1, -0.05) is 91.0 Å². The van der Waals surface area contributed by atoms with E-state index < -0.39 is 22.8 Å². The standard InChI is InChI=1S/3C6H7O3P.2FSi/c3*7-10(8,9)6-4-2-1-3-5-6;2*1-2/h3*1-5H,(H2,7,8,9);;/q;;;2*+3/p-6. The van der Waals surface area contributed by atoms with Crippen molar-refractivity contribution in [1.82, 2.24) is 0 Å². The zero-order valence-corrected chi connectivity index (χ0v) is 21.6. The molecule has 0 heterocycles. The zero-order valence-electron chi connectivity index (χ0n) is 16.9. The number of halogens is 2. The summed E-state index contributed by atoms with van der Waals surface area (Å²) in [5.41, 5.74) is 0. The van der Waals surface area contributed by atoms with Crippen molar-refractivity contribution in [2.45, 2.75) is 0 Å². The molecule has 178 valence electrons. The van der Waals surface area contributed by atoms with Crippen LogP contribution >= 0.6 is 22.8 Å². The van der Waals surface area contributed by atoms with Crippen LogP contribution in [0.15, 0.2) is 91.0 Å². The summed E-state index contributed by atoms with van der Waals surface area (Å²) in [4.78, 5) is 61.8. The van der Waals surface area contributed by atoms with Crippen molar-refractivity contribution < 1.29 is 51.3 Å². The van der Waals surface area contributed by atoms with Gasteiger partial charge in [-0.05, 0) is 38.7 Å². The first-order valence-corrected chi connectivity index (χ1v) is 13.8. The molecule has 0 unspecified atom stereocenters. The van der Waals surface area contributed by atoms with Gasteiger partial charge in [-0.3, -0.25) is 0 Å². The van der Waals surface area contributed by atoms with E-state index in [2.05, 4.69) is 0 Å². The summed E-state index contributed by atoms with van der Waals surface area (Å²) in [6.45, 7) is 0. The molecular formula is C18H15F2O9P3Si2. The van der Waals surface area contributed by atoms with E-state index in [9.17, 15) is 51.3 Å². The Morgan fingerprint density at radius 2 is 0.559 bits per heavy atom. The van der Waals surface area contributed by atoms with Crippen molar-refractivity contribution in [3.63, 3.8) is 0 Å². The summed E-state index contributed by atoms with van der Waals surface area (Å²) in [5, 5.41) is -0.472. The van der Waals surface area contributed by atoms with E-state index >= 15 is 0 Å². The third-order valence-corrected chi connectivity index (χ3v) is 6.01. The fourth-order valence-electron chi connectivity index (χ4n) is 1.83. The van der Waals surface area contributed by atoms with E-state index in [0.717, 1.165) is 0 Å². The average molecular weight is 562 g/mol. The Labute approximate surface area is 202 Å². The summed E-state index contributed by atoms with van der Waals surface area (Å²) in [6.07, 6.45) is 0. The fraction of sp³-hybridized carbons (Fsp3) is 0. The van der Waals surface area contributed by atoms with E-state index in [-0.39, 0.29) is 15.9 Å². The summed E-state index contributed by atoms with van der Waals surface area (Å²) in [7, 11) is -10.6. The predicted octanol–water partition coefficient (Wildman–Crippen LogP) is -2.24. The molecule has 0 radical (unpaired) electrons. The molecule has 0 aliphatic rings. The summed E-state index contributed by atoms with van der Waals surface area (Å²) in [5.74, 6) is 0. The van der Waals surface area contributed by atoms with Gasteiger partial charge in [0.1, 0.15) is 0 Å². The van der Waals surface area contributed by atoms with Crippen LogP contribution in [-0.4, -0.2) is 21.2 Å². The van der Waals surface area contributed by atoms with Gasteiger partial charge in [-0.15, -0.1) is 0 Å². The summed E-state index contributed by atoms with van der Waals surface area (Å²) < 4.78 is 49.5. The minimum Gasteiger partial charge on any atom is -0.807 e. The molecule has 16 heteroatoms. The van der Waals surface area contributed by atoms with Gasteiger partial charge in [-0.25, -0.2) is 0 Å². The molecule has 0 fully saturated rings. The maximum absolute atomic E-state index is 10.3. The van der Waals surface area contributed by atoms with E-state index in [0.29, 0.717) is 0 Å². The van der Waals surface area contributed by atoms with Gasteiger partial charge < -0.3 is 43.1 Å². The van der Waals surface area contributed by atoms with Gasteiger partial charge in [0.25, 0.3) is 0 Å². The number of benzene rings is 3. The van der Waals surface area contributed by atoms with E-state index in [4.69, 9.17) is 0 Å². The summed E-state index contributed by atoms with van der Waals surface area (Å²) in [6, 6.07) is 21.7. The Hall–Kier alpha value is -1.60. The molecule has 3 aromatic rings. The Balaban J connectivity index is 0. The fourth-order valence-corrected chi connectivity index (χ4v) is 3.44. The molecule has 0 atom stereocenters. The third-order valence-electron chi connectivity index (χ3n) is 3.22. The predicted molar refractivity (Wildman–Crippen MR) is 115 cm³/mol. The van der Waals surface area contributed by atoms with Crippen LogP contribution in [0.25, 0.3) is 0 Å². The van der Waals surface area contributed by atoms with E-state index in [1.54, 1.807) is 18.2 Å². The molecule has 9 nitrogen and oxygen atoms in total. The van der Waals surface area contributed by atoms with Crippen LogP contribution in [0, 0.1) is 0 Å². The Bertz CT molecular complexity index is 911. The van der Waals surface area contributed by atoms with Crippen LogP contribution in [0.2, 0.25) is 0 Å². The van der Waals surface area contributed by atoms with Gasteiger partial charge in [0, 0.05) is 0 Å². The van der Waals surface area contributed by atoms with E-state index in [1.807, 2.05) is 0 Å². The molecule has 0 aliphatic carbocycles. The molecule has 0 saturated carbocycles. The zero-order chi connectivity index (χ0) is 26.8. The first kappa shape index (κ1) is 34.6. The second-order valence-electron chi connectivity index (χ2n) is 5.50. The van der Waals surface area contributed by atoms with Crippen LogP contribution in [-0.2, 0) is 13.7 Å². The molecule has 0 aromatic heterocycles. The molecule has 0 amide bonds. The Morgan fingerprint density at radius 3 is 0.647 bits per heavy atom. The van der Waals surface area contributed by atoms with Crippen molar-refractivity contribution >= 4 is 59.9 Å². The second-order valence-corrected chi connectivity index (χ2v) is 10.0. The van der Waals surface area contributed by atoms with Crippen molar-refractivity contribution in [3.8, 4) is 0 Å². The molecule has 3 aromatic carbocycles. The quantitative estimate of drug-likeness (QED) is 0.193. The molecule has 3 rings (SSSR count). The van der Waals surface area contributed by atoms with Crippen molar-refractivity contribution in [2.75, 3.05) is 0 Å². The second kappa shape index (κ2) is 17.8. The van der Waals surface area contributed by atoms with Crippen molar-refractivity contribution in [1.29, 1.82) is 0 Å². The van der Waals surface area contributed by atoms with Crippen LogP contribution in [0.3, 0.4) is 0 Å². The normalized spacial score (nSPS) is 10.5. The van der Waals surface area contributed by atoms with Gasteiger partial charge >= 0.3 is 29.4 Å². The number of hydrogen-bond donors (Lipinski definition) is 0. The van der Waals surface area contributed by atoms with E-state index in [1.165, 1.54) is 93.9 Å². The maximum atomic E-state index is 10.3. The topological polar surface area (TPSA) is 190 Å². The van der Waals surface area contributed by atoms with Crippen LogP contribution in [0.4, 0.5) is 8.22 Å². The van der Waals surface area contributed by atoms with Crippen LogP contribution in [0.5, 0.6) is 0 Å². The first-order chi connectivity index (χ1) is 15.8. The largest absolute Gasteiger partial charge is 0.807 e. The average Bonchev–Trinajstić information content (AvgIpc) is 2.83. The Morgan fingerprint density at radius 1 is 0.412 bits per heavy atom. The monoisotopic (exact) mass is 562 g/mol. The maximum Gasteiger partial charge on any atom is -0.0157 e. The molecular weight excluding hydrogens is 547 g/mol. The Kier molecular flexibility index (Phi) is 18.1. The molecule has 34 heavy (non-hydrogen) atoms. The smallest absolute Gasteiger partial charge is 0.0157 e. The van der Waals surface area contributed by atoms with Crippen molar-refractivity contribution in [2.24, 2.45) is 0 Å². The molecule has 0 bridgehead atoms. The first-order valence-electron chi connectivity index (χ1n) is 8.42. The minimum atomic E-state index is -4.52. The number of hydrogen-bond acceptors (Lipinski definition) is 9. The van der Waals surface area contributed by atoms with Crippen LogP contribution < -0.4 is 45.3 Å². The molecule has 0 saturated heterocycles. The molecule has 0 spiro atoms. The molecule has 0 aliphatic heterocycles. The SMILES string of the molecule is F[Si+3].F[Si+3].O=P([O-])([O-])c1ccccc1.O=P([O-])([O-])c1ccccc1.O=P([O-])([O-])c1ccccc1. The van der Waals surface area contributed by atoms with Gasteiger partial charge in [-0.2, -0.15) is 0 Å². The minimum absolute atomic E-state index is 0.157. The van der Waals surface area contributed by atoms with Crippen LogP contribution in [0.1, 0.15) is 0 Å². The van der Waals surface area contributed by atoms with Gasteiger partial charge in [0.05, 0.1) is 0 Å². The summed E-state index contributed by atoms with van der Waals surface area (Å²) >= 11 is 0. The van der Waals surface area contributed by atoms with Gasteiger partial charge in [0.15, 0.2) is 0 Å². The molecule has 0 N–H and O–H groups in total. The third kappa shape index (κ3) is 16.1. The number of rotatable bonds is 3. The van der Waals surface area contributed by atoms with Gasteiger partial charge in [0.2, 0.25) is 0 Å². The van der Waals surface area contributed by atoms with Crippen molar-refractivity contribution in [3.05, 3.63) is 91.0 Å².